The number of carbonyl (C=O) groups is 2. The zero-order valence-corrected chi connectivity index (χ0v) is 9.38. The Morgan fingerprint density at radius 3 is 2.31 bits per heavy atom. The highest BCUT2D eigenvalue weighted by Crippen LogP contribution is 2.06. The molecule has 5 heteroatoms. The Hall–Kier alpha value is -1.78. The first-order valence-electron chi connectivity index (χ1n) is 5.20. The van der Waals surface area contributed by atoms with Gasteiger partial charge in [0.25, 0.3) is 0 Å². The zero-order chi connectivity index (χ0) is 12.0. The van der Waals surface area contributed by atoms with Crippen LogP contribution in [0.5, 0.6) is 0 Å². The van der Waals surface area contributed by atoms with Crippen molar-refractivity contribution in [2.24, 2.45) is 5.92 Å². The minimum atomic E-state index is -0.859. The Labute approximate surface area is 93.9 Å². The van der Waals surface area contributed by atoms with E-state index in [0.717, 1.165) is 0 Å². The van der Waals surface area contributed by atoms with Crippen molar-refractivity contribution in [3.8, 4) is 0 Å². The molecule has 0 aliphatic rings. The van der Waals surface area contributed by atoms with E-state index >= 15 is 0 Å². The van der Waals surface area contributed by atoms with E-state index in [0.29, 0.717) is 6.42 Å². The minimum absolute atomic E-state index is 0.256. The second-order valence-electron chi connectivity index (χ2n) is 3.17. The van der Waals surface area contributed by atoms with E-state index in [1.165, 1.54) is 4.73 Å². The van der Waals surface area contributed by atoms with Gasteiger partial charge in [0.2, 0.25) is 0 Å². The van der Waals surface area contributed by atoms with E-state index in [9.17, 15) is 9.59 Å². The summed E-state index contributed by atoms with van der Waals surface area (Å²) < 4.78 is 6.04. The molecule has 0 N–H and O–H groups in total. The first kappa shape index (κ1) is 12.3. The van der Waals surface area contributed by atoms with Crippen LogP contribution in [0.25, 0.3) is 0 Å². The summed E-state index contributed by atoms with van der Waals surface area (Å²) in [6.45, 7) is 3.69. The van der Waals surface area contributed by atoms with Gasteiger partial charge in [-0.25, -0.2) is 4.79 Å². The van der Waals surface area contributed by atoms with E-state index in [-0.39, 0.29) is 6.61 Å². The topological polar surface area (TPSA) is 57.5 Å². The second-order valence-corrected chi connectivity index (χ2v) is 3.17. The van der Waals surface area contributed by atoms with Gasteiger partial charge in [-0.2, -0.15) is 4.73 Å². The monoisotopic (exact) mass is 225 g/mol. The van der Waals surface area contributed by atoms with Crippen LogP contribution in [0.2, 0.25) is 0 Å². The largest absolute Gasteiger partial charge is 0.465 e. The molecule has 1 heterocycles. The molecule has 1 aromatic rings. The molecule has 0 saturated heterocycles. The molecule has 0 fully saturated rings. The van der Waals surface area contributed by atoms with Crippen LogP contribution in [0.1, 0.15) is 20.3 Å². The molecule has 1 rings (SSSR count). The lowest BCUT2D eigenvalue weighted by molar-refractivity contribution is -0.162. The summed E-state index contributed by atoms with van der Waals surface area (Å²) in [4.78, 5) is 28.0. The molecule has 0 aliphatic carbocycles. The molecular weight excluding hydrogens is 210 g/mol. The molecule has 0 aromatic carbocycles. The van der Waals surface area contributed by atoms with Crippen molar-refractivity contribution in [3.63, 3.8) is 0 Å². The number of nitrogens with zero attached hydrogens (tertiary/aromatic N) is 1. The van der Waals surface area contributed by atoms with Crippen LogP contribution in [0.15, 0.2) is 24.5 Å². The third-order valence-electron chi connectivity index (χ3n) is 2.04. The summed E-state index contributed by atoms with van der Waals surface area (Å²) in [5.41, 5.74) is 0. The van der Waals surface area contributed by atoms with E-state index in [2.05, 4.69) is 0 Å². The number of esters is 1. The van der Waals surface area contributed by atoms with Gasteiger partial charge in [0.1, 0.15) is 0 Å². The van der Waals surface area contributed by atoms with Crippen molar-refractivity contribution in [2.45, 2.75) is 20.3 Å². The summed E-state index contributed by atoms with van der Waals surface area (Å²) in [6, 6.07) is 3.44. The smallest absolute Gasteiger partial charge is 0.347 e. The maximum Gasteiger partial charge on any atom is 0.347 e. The van der Waals surface area contributed by atoms with E-state index in [1.54, 1.807) is 38.4 Å². The van der Waals surface area contributed by atoms with Gasteiger partial charge in [-0.1, -0.05) is 6.92 Å². The van der Waals surface area contributed by atoms with Crippen molar-refractivity contribution in [3.05, 3.63) is 24.5 Å². The molecule has 0 saturated carbocycles. The lowest BCUT2D eigenvalue weighted by Gasteiger charge is -2.12. The summed E-state index contributed by atoms with van der Waals surface area (Å²) in [7, 11) is 0. The average Bonchev–Trinajstić information content (AvgIpc) is 2.71. The van der Waals surface area contributed by atoms with Gasteiger partial charge in [0, 0.05) is 12.4 Å². The predicted octanol–water partition coefficient (Wildman–Crippen LogP) is 1.03. The van der Waals surface area contributed by atoms with Crippen LogP contribution >= 0.6 is 0 Å². The van der Waals surface area contributed by atoms with E-state index < -0.39 is 17.9 Å². The maximum atomic E-state index is 11.6. The third kappa shape index (κ3) is 3.12. The van der Waals surface area contributed by atoms with E-state index in [1.807, 2.05) is 0 Å². The fourth-order valence-corrected chi connectivity index (χ4v) is 1.22. The molecular formula is C11H15NO4. The van der Waals surface area contributed by atoms with Crippen LogP contribution in [0, 0.1) is 5.92 Å². The maximum absolute atomic E-state index is 11.6. The first-order valence-corrected chi connectivity index (χ1v) is 5.20. The second kappa shape index (κ2) is 5.95. The molecule has 88 valence electrons. The van der Waals surface area contributed by atoms with Crippen molar-refractivity contribution in [1.29, 1.82) is 0 Å². The summed E-state index contributed by atoms with van der Waals surface area (Å²) in [5.74, 6) is -2.00. The van der Waals surface area contributed by atoms with Gasteiger partial charge in [-0.15, -0.1) is 0 Å². The number of hydrogen-bond acceptors (Lipinski definition) is 4. The molecule has 1 unspecified atom stereocenters. The molecule has 0 radical (unpaired) electrons. The highest BCUT2D eigenvalue weighted by molar-refractivity contribution is 5.94. The Balaban J connectivity index is 2.59. The summed E-state index contributed by atoms with van der Waals surface area (Å²) >= 11 is 0. The summed E-state index contributed by atoms with van der Waals surface area (Å²) in [5, 5.41) is 0. The molecule has 0 spiro atoms. The van der Waals surface area contributed by atoms with Crippen molar-refractivity contribution in [2.75, 3.05) is 6.61 Å². The van der Waals surface area contributed by atoms with Gasteiger partial charge in [0.15, 0.2) is 5.92 Å². The van der Waals surface area contributed by atoms with Crippen molar-refractivity contribution in [1.82, 2.24) is 4.73 Å². The van der Waals surface area contributed by atoms with Gasteiger partial charge >= 0.3 is 11.9 Å². The molecule has 0 aliphatic heterocycles. The number of ether oxygens (including phenoxy) is 1. The number of rotatable bonds is 5. The van der Waals surface area contributed by atoms with E-state index in [4.69, 9.17) is 9.57 Å². The summed E-state index contributed by atoms with van der Waals surface area (Å²) in [6.07, 6.45) is 3.52. The van der Waals surface area contributed by atoms with Crippen LogP contribution in [0.3, 0.4) is 0 Å². The van der Waals surface area contributed by atoms with Crippen molar-refractivity contribution < 1.29 is 19.2 Å². The average molecular weight is 225 g/mol. The molecule has 5 nitrogen and oxygen atoms in total. The fraction of sp³-hybridized carbons (Fsp3) is 0.455. The number of carbonyl (C=O) groups excluding carboxylic acids is 2. The number of hydrogen-bond donors (Lipinski definition) is 0. The molecule has 0 bridgehead atoms. The molecule has 0 amide bonds. The van der Waals surface area contributed by atoms with Crippen LogP contribution in [0.4, 0.5) is 0 Å². The molecule has 1 atom stereocenters. The Morgan fingerprint density at radius 1 is 1.19 bits per heavy atom. The Kier molecular flexibility index (Phi) is 4.57. The first-order chi connectivity index (χ1) is 7.69. The highest BCUT2D eigenvalue weighted by atomic mass is 16.7. The fourth-order valence-electron chi connectivity index (χ4n) is 1.22. The zero-order valence-electron chi connectivity index (χ0n) is 9.38. The quantitative estimate of drug-likeness (QED) is 0.555. The minimum Gasteiger partial charge on any atom is -0.465 e. The standard InChI is InChI=1S/C11H15NO4/c1-3-9(10(13)15-4-2)11(14)16-12-7-5-6-8-12/h5-9H,3-4H2,1-2H3. The van der Waals surface area contributed by atoms with Gasteiger partial charge in [0.05, 0.1) is 6.61 Å². The number of aromatic nitrogens is 1. The highest BCUT2D eigenvalue weighted by Gasteiger charge is 2.28. The van der Waals surface area contributed by atoms with Crippen LogP contribution < -0.4 is 4.84 Å². The SMILES string of the molecule is CCOC(=O)C(CC)C(=O)On1cccc1. The Bertz CT molecular complexity index is 345. The molecule has 16 heavy (non-hydrogen) atoms. The lowest BCUT2D eigenvalue weighted by Crippen LogP contribution is -2.32. The lowest BCUT2D eigenvalue weighted by atomic mass is 10.1. The van der Waals surface area contributed by atoms with Gasteiger partial charge < -0.3 is 9.57 Å². The third-order valence-corrected chi connectivity index (χ3v) is 2.04. The predicted molar refractivity (Wildman–Crippen MR) is 56.4 cm³/mol. The van der Waals surface area contributed by atoms with Gasteiger partial charge in [-0.3, -0.25) is 4.79 Å². The van der Waals surface area contributed by atoms with Crippen LogP contribution in [-0.4, -0.2) is 23.3 Å². The normalized spacial score (nSPS) is 11.9. The molecule has 1 aromatic heterocycles. The van der Waals surface area contributed by atoms with Gasteiger partial charge in [-0.05, 0) is 25.5 Å². The van der Waals surface area contributed by atoms with Crippen molar-refractivity contribution >= 4 is 11.9 Å². The Morgan fingerprint density at radius 2 is 1.81 bits per heavy atom. The van der Waals surface area contributed by atoms with Crippen LogP contribution in [-0.2, 0) is 14.3 Å².